The van der Waals surface area contributed by atoms with E-state index in [2.05, 4.69) is 82.6 Å². The molecule has 6 nitrogen and oxygen atoms in total. The summed E-state index contributed by atoms with van der Waals surface area (Å²) in [5.41, 5.74) is 12.0. The number of carbonyl (C=O) groups is 3. The van der Waals surface area contributed by atoms with Gasteiger partial charge in [-0.2, -0.15) is 0 Å². The average molecular weight is 692 g/mol. The molecule has 1 N–H and O–H groups in total. The minimum Gasteiger partial charge on any atom is -0.359 e. The number of carbonyl (C=O) groups excluding carboxylic acids is 3. The second-order valence-electron chi connectivity index (χ2n) is 14.6. The molecular weight excluding hydrogens is 639 g/mol. The maximum Gasteiger partial charge on any atom is 0.261 e. The first-order valence-corrected chi connectivity index (χ1v) is 18.2. The van der Waals surface area contributed by atoms with Gasteiger partial charge in [0.1, 0.15) is 0 Å². The van der Waals surface area contributed by atoms with Gasteiger partial charge in [-0.3, -0.25) is 19.3 Å². The molecule has 4 aliphatic rings. The fourth-order valence-electron chi connectivity index (χ4n) is 6.50. The Labute approximate surface area is 304 Å². The van der Waals surface area contributed by atoms with E-state index in [4.69, 9.17) is 12.2 Å². The van der Waals surface area contributed by atoms with Crippen molar-refractivity contribution in [2.75, 3.05) is 5.32 Å². The zero-order chi connectivity index (χ0) is 36.9. The van der Waals surface area contributed by atoms with Gasteiger partial charge in [-0.15, -0.1) is 0 Å². The third-order valence-corrected chi connectivity index (χ3v) is 9.64. The number of likely N-dealkylation sites (tertiary alicyclic amines) is 1. The Morgan fingerprint density at radius 2 is 1.16 bits per heavy atom. The van der Waals surface area contributed by atoms with Crippen molar-refractivity contribution < 1.29 is 14.4 Å². The highest BCUT2D eigenvalue weighted by atomic mass is 32.1. The second kappa shape index (κ2) is 16.6. The summed E-state index contributed by atoms with van der Waals surface area (Å²) in [7, 11) is 0. The quantitative estimate of drug-likeness (QED) is 0.168. The molecule has 50 heavy (non-hydrogen) atoms. The molecule has 0 atom stereocenters. The van der Waals surface area contributed by atoms with Crippen LogP contribution in [0.1, 0.15) is 129 Å². The van der Waals surface area contributed by atoms with Crippen LogP contribution < -0.4 is 5.32 Å². The molecule has 3 heterocycles. The van der Waals surface area contributed by atoms with E-state index in [9.17, 15) is 14.4 Å². The predicted octanol–water partition coefficient (Wildman–Crippen LogP) is 9.79. The summed E-state index contributed by atoms with van der Waals surface area (Å²) in [4.78, 5) is 38.4. The van der Waals surface area contributed by atoms with Crippen molar-refractivity contribution in [2.45, 2.75) is 111 Å². The second-order valence-corrected chi connectivity index (χ2v) is 15.1. The first-order chi connectivity index (χ1) is 23.6. The van der Waals surface area contributed by atoms with Crippen molar-refractivity contribution in [1.82, 2.24) is 9.80 Å². The van der Waals surface area contributed by atoms with Crippen molar-refractivity contribution >= 4 is 40.6 Å². The highest BCUT2D eigenvalue weighted by Gasteiger charge is 2.36. The molecule has 3 aliphatic heterocycles. The maximum absolute atomic E-state index is 11.8. The molecule has 0 spiro atoms. The Morgan fingerprint density at radius 1 is 0.640 bits per heavy atom. The lowest BCUT2D eigenvalue weighted by atomic mass is 9.99. The molecule has 0 bridgehead atoms. The van der Waals surface area contributed by atoms with Gasteiger partial charge in [0.2, 0.25) is 5.91 Å². The van der Waals surface area contributed by atoms with Crippen LogP contribution in [0.4, 0.5) is 5.69 Å². The maximum atomic E-state index is 11.8. The molecule has 3 aromatic rings. The lowest BCUT2D eigenvalue weighted by Crippen LogP contribution is -2.35. The molecule has 1 saturated heterocycles. The highest BCUT2D eigenvalue weighted by molar-refractivity contribution is 7.80. The fraction of sp³-hybridized carbons (Fsp3) is 0.395. The summed E-state index contributed by atoms with van der Waals surface area (Å²) >= 11 is 5.00. The van der Waals surface area contributed by atoms with Gasteiger partial charge >= 0.3 is 0 Å². The van der Waals surface area contributed by atoms with Gasteiger partial charge in [0.05, 0.1) is 16.1 Å². The summed E-state index contributed by atoms with van der Waals surface area (Å²) in [6, 6.07) is 20.6. The highest BCUT2D eigenvalue weighted by Crippen LogP contribution is 2.30. The molecule has 1 aliphatic carbocycles. The van der Waals surface area contributed by atoms with Crippen LogP contribution in [-0.4, -0.2) is 44.6 Å². The number of fused-ring (bicyclic) bond motifs is 3. The van der Waals surface area contributed by atoms with E-state index in [0.29, 0.717) is 29.4 Å². The molecule has 1 fully saturated rings. The minimum atomic E-state index is -0.180. The van der Waals surface area contributed by atoms with Crippen LogP contribution in [0.5, 0.6) is 0 Å². The van der Waals surface area contributed by atoms with Crippen LogP contribution in [0, 0.1) is 0 Å². The number of hydrogen-bond donors (Lipinski definition) is 1. The third kappa shape index (κ3) is 9.05. The number of rotatable bonds is 4. The van der Waals surface area contributed by atoms with E-state index in [-0.39, 0.29) is 29.8 Å². The number of benzene rings is 3. The van der Waals surface area contributed by atoms with Gasteiger partial charge in [-0.05, 0) is 98.4 Å². The van der Waals surface area contributed by atoms with Gasteiger partial charge in [0, 0.05) is 42.7 Å². The molecule has 7 rings (SSSR count). The predicted molar refractivity (Wildman–Crippen MR) is 210 cm³/mol. The standard InChI is InChI=1S/C13H16.C12H15N.C11H11NO2.C7H11NOS/c1-9(2)11-4-5-12-6-10(3)7-13(12)8-11;1-8(2)10-4-5-12-11(7-10)6-9(3)13-12;1-7(2)12-10(13)8-5-3-4-6-9(8)11(12)14;1-5(2)8-6(9)3-4-7(8)10/h4-5,8-9H,3,6-7H2,1-2H3;4-5,7-8,13H,3,6H2,1-2H3;3-7H,1-2H3;5H,3-4H2,1-2H3. The molecular formula is C43H53N3O3S. The number of nitrogens with one attached hydrogen (secondary N) is 1. The van der Waals surface area contributed by atoms with Crippen LogP contribution >= 0.6 is 12.2 Å². The zero-order valence-electron chi connectivity index (χ0n) is 31.1. The van der Waals surface area contributed by atoms with Gasteiger partial charge in [0.25, 0.3) is 11.8 Å². The summed E-state index contributed by atoms with van der Waals surface area (Å²) in [5.74, 6) is 1.07. The SMILES string of the molecule is C=C1Cc2cc(C(C)C)ccc2N1.C=C1Cc2ccc(C(C)C)cc2C1.CC(C)N1C(=O)CCC1=S.CC(C)N1C(=O)c2ccccc2C1=O. The number of nitrogens with zero attached hydrogens (tertiary/aromatic N) is 2. The summed E-state index contributed by atoms with van der Waals surface area (Å²) in [6.45, 7) is 24.5. The van der Waals surface area contributed by atoms with Crippen LogP contribution in [0.15, 0.2) is 85.1 Å². The number of thiocarbonyl (C=S) groups is 1. The largest absolute Gasteiger partial charge is 0.359 e. The summed E-state index contributed by atoms with van der Waals surface area (Å²) in [5, 5.41) is 3.27. The monoisotopic (exact) mass is 691 g/mol. The van der Waals surface area contributed by atoms with Crippen molar-refractivity contribution in [1.29, 1.82) is 0 Å². The van der Waals surface area contributed by atoms with Gasteiger partial charge in [0.15, 0.2) is 0 Å². The average Bonchev–Trinajstić information content (AvgIpc) is 3.79. The van der Waals surface area contributed by atoms with E-state index in [1.807, 2.05) is 27.7 Å². The lowest BCUT2D eigenvalue weighted by molar-refractivity contribution is -0.126. The van der Waals surface area contributed by atoms with Crippen molar-refractivity contribution in [3.05, 3.63) is 124 Å². The number of hydrogen-bond acceptors (Lipinski definition) is 5. The Balaban J connectivity index is 0.000000151. The zero-order valence-corrected chi connectivity index (χ0v) is 31.9. The first-order valence-electron chi connectivity index (χ1n) is 17.8. The van der Waals surface area contributed by atoms with Crippen molar-refractivity contribution in [3.8, 4) is 0 Å². The fourth-order valence-corrected chi connectivity index (χ4v) is 6.91. The third-order valence-electron chi connectivity index (χ3n) is 9.24. The smallest absolute Gasteiger partial charge is 0.261 e. The molecule has 3 amide bonds. The topological polar surface area (TPSA) is 69.7 Å². The van der Waals surface area contributed by atoms with Crippen LogP contribution in [-0.2, 0) is 24.1 Å². The lowest BCUT2D eigenvalue weighted by Gasteiger charge is -2.19. The van der Waals surface area contributed by atoms with Crippen LogP contribution in [0.2, 0.25) is 0 Å². The first kappa shape index (κ1) is 38.4. The number of amides is 3. The van der Waals surface area contributed by atoms with E-state index in [0.717, 1.165) is 36.4 Å². The molecule has 7 heteroatoms. The molecule has 0 aromatic heterocycles. The Kier molecular flexibility index (Phi) is 12.7. The number of imide groups is 1. The normalized spacial score (nSPS) is 15.8. The van der Waals surface area contributed by atoms with E-state index in [1.165, 1.54) is 44.0 Å². The van der Waals surface area contributed by atoms with E-state index in [1.54, 1.807) is 29.2 Å². The van der Waals surface area contributed by atoms with Gasteiger partial charge in [-0.25, -0.2) is 0 Å². The number of anilines is 1. The molecule has 264 valence electrons. The van der Waals surface area contributed by atoms with Crippen LogP contribution in [0.25, 0.3) is 0 Å². The Hall–Kier alpha value is -4.36. The molecule has 0 radical (unpaired) electrons. The minimum absolute atomic E-state index is 0.0811. The van der Waals surface area contributed by atoms with Crippen molar-refractivity contribution in [3.63, 3.8) is 0 Å². The van der Waals surface area contributed by atoms with Gasteiger partial charge < -0.3 is 10.2 Å². The molecule has 0 saturated carbocycles. The summed E-state index contributed by atoms with van der Waals surface area (Å²) < 4.78 is 0. The molecule has 3 aromatic carbocycles. The number of allylic oxidation sites excluding steroid dienone is 2. The molecule has 0 unspecified atom stereocenters. The van der Waals surface area contributed by atoms with E-state index >= 15 is 0 Å². The van der Waals surface area contributed by atoms with Crippen molar-refractivity contribution in [2.24, 2.45) is 0 Å². The Bertz CT molecular complexity index is 1680. The van der Waals surface area contributed by atoms with Gasteiger partial charge in [-0.1, -0.05) is 101 Å². The van der Waals surface area contributed by atoms with Crippen LogP contribution in [0.3, 0.4) is 0 Å². The van der Waals surface area contributed by atoms with E-state index < -0.39 is 0 Å². The summed E-state index contributed by atoms with van der Waals surface area (Å²) in [6.07, 6.45) is 4.54. The Morgan fingerprint density at radius 3 is 1.64 bits per heavy atom.